The fraction of sp³-hybridized carbons (Fsp3) is 0.615. The molecule has 200 valence electrons. The summed E-state index contributed by atoms with van der Waals surface area (Å²) in [6.07, 6.45) is 1.91. The van der Waals surface area contributed by atoms with E-state index in [9.17, 15) is 29.4 Å². The summed E-state index contributed by atoms with van der Waals surface area (Å²) >= 11 is 0. The molecule has 10 heteroatoms. The summed E-state index contributed by atoms with van der Waals surface area (Å²) in [4.78, 5) is 52.5. The number of nitrogens with two attached hydrogens (primary N) is 1. The maximum atomic E-state index is 13.3. The second kappa shape index (κ2) is 13.2. The Morgan fingerprint density at radius 1 is 1.00 bits per heavy atom. The summed E-state index contributed by atoms with van der Waals surface area (Å²) < 4.78 is 0. The lowest BCUT2D eigenvalue weighted by Gasteiger charge is -2.29. The quantitative estimate of drug-likeness (QED) is 0.287. The first-order chi connectivity index (χ1) is 16.9. The third-order valence-corrected chi connectivity index (χ3v) is 6.21. The first kappa shape index (κ1) is 29.1. The Morgan fingerprint density at radius 2 is 1.61 bits per heavy atom. The summed E-state index contributed by atoms with van der Waals surface area (Å²) in [6, 6.07) is 2.56. The molecule has 1 aliphatic heterocycles. The van der Waals surface area contributed by atoms with E-state index >= 15 is 0 Å². The van der Waals surface area contributed by atoms with Gasteiger partial charge in [-0.25, -0.2) is 4.79 Å². The van der Waals surface area contributed by atoms with E-state index in [1.54, 1.807) is 12.1 Å². The van der Waals surface area contributed by atoms with Crippen LogP contribution in [0, 0.1) is 11.8 Å². The van der Waals surface area contributed by atoms with Crippen LogP contribution in [0.1, 0.15) is 58.9 Å². The molecule has 1 saturated heterocycles. The summed E-state index contributed by atoms with van der Waals surface area (Å²) in [7, 11) is 0. The molecule has 1 heterocycles. The molecule has 0 aromatic heterocycles. The number of phenols is 1. The maximum Gasteiger partial charge on any atom is 0.326 e. The molecule has 1 aliphatic rings. The van der Waals surface area contributed by atoms with Crippen LogP contribution < -0.4 is 16.4 Å². The van der Waals surface area contributed by atoms with Crippen molar-refractivity contribution < 1.29 is 29.4 Å². The van der Waals surface area contributed by atoms with E-state index in [0.717, 1.165) is 0 Å². The van der Waals surface area contributed by atoms with E-state index in [0.29, 0.717) is 31.4 Å². The molecule has 0 radical (unpaired) electrons. The van der Waals surface area contributed by atoms with E-state index in [1.165, 1.54) is 17.0 Å². The summed E-state index contributed by atoms with van der Waals surface area (Å²) in [5.74, 6) is -2.23. The van der Waals surface area contributed by atoms with Crippen LogP contribution in [0.3, 0.4) is 0 Å². The van der Waals surface area contributed by atoms with Crippen LogP contribution in [0.2, 0.25) is 0 Å². The number of aliphatic carboxylic acids is 1. The Morgan fingerprint density at radius 3 is 2.17 bits per heavy atom. The lowest BCUT2D eigenvalue weighted by atomic mass is 10.0. The van der Waals surface area contributed by atoms with Crippen molar-refractivity contribution in [2.24, 2.45) is 17.6 Å². The van der Waals surface area contributed by atoms with Gasteiger partial charge in [0.1, 0.15) is 23.9 Å². The van der Waals surface area contributed by atoms with Crippen molar-refractivity contribution in [3.8, 4) is 5.75 Å². The lowest BCUT2D eigenvalue weighted by molar-refractivity contribution is -0.143. The molecule has 0 spiro atoms. The SMILES string of the molecule is CC(C)CC(N)C(=O)N1CCCC1C(=O)NC(Cc1ccc(O)cc1)C(=O)NC(CC(C)C)C(=O)O. The predicted molar refractivity (Wildman–Crippen MR) is 135 cm³/mol. The zero-order chi connectivity index (χ0) is 27.0. The first-order valence-corrected chi connectivity index (χ1v) is 12.6. The van der Waals surface area contributed by atoms with E-state index in [-0.39, 0.29) is 36.3 Å². The van der Waals surface area contributed by atoms with Gasteiger partial charge in [-0.05, 0) is 55.2 Å². The number of carbonyl (C=O) groups excluding carboxylic acids is 3. The van der Waals surface area contributed by atoms with Crippen LogP contribution in [-0.4, -0.2) is 69.5 Å². The minimum Gasteiger partial charge on any atom is -0.508 e. The van der Waals surface area contributed by atoms with Gasteiger partial charge < -0.3 is 31.5 Å². The van der Waals surface area contributed by atoms with Gasteiger partial charge in [-0.15, -0.1) is 0 Å². The van der Waals surface area contributed by atoms with Gasteiger partial charge in [-0.1, -0.05) is 39.8 Å². The van der Waals surface area contributed by atoms with Gasteiger partial charge >= 0.3 is 5.97 Å². The summed E-state index contributed by atoms with van der Waals surface area (Å²) in [5, 5.41) is 24.4. The van der Waals surface area contributed by atoms with Crippen LogP contribution in [0.4, 0.5) is 0 Å². The minimum atomic E-state index is -1.15. The number of carboxylic acid groups (broad SMARTS) is 1. The molecule has 3 amide bonds. The van der Waals surface area contributed by atoms with Gasteiger partial charge in [0.05, 0.1) is 6.04 Å². The molecular weight excluding hydrogens is 464 g/mol. The van der Waals surface area contributed by atoms with Crippen molar-refractivity contribution in [1.29, 1.82) is 0 Å². The third kappa shape index (κ3) is 8.51. The lowest BCUT2D eigenvalue weighted by Crippen LogP contribution is -2.57. The predicted octanol–water partition coefficient (Wildman–Crippen LogP) is 1.40. The van der Waals surface area contributed by atoms with Gasteiger partial charge in [0.25, 0.3) is 0 Å². The highest BCUT2D eigenvalue weighted by Gasteiger charge is 2.38. The Balaban J connectivity index is 2.21. The topological polar surface area (TPSA) is 162 Å². The number of carboxylic acids is 1. The molecule has 36 heavy (non-hydrogen) atoms. The zero-order valence-electron chi connectivity index (χ0n) is 21.6. The number of amides is 3. The molecule has 0 bridgehead atoms. The minimum absolute atomic E-state index is 0.0321. The number of hydrogen-bond acceptors (Lipinski definition) is 6. The molecule has 1 fully saturated rings. The highest BCUT2D eigenvalue weighted by Crippen LogP contribution is 2.20. The molecule has 2 rings (SSSR count). The fourth-order valence-electron chi connectivity index (χ4n) is 4.43. The van der Waals surface area contributed by atoms with Crippen molar-refractivity contribution in [3.63, 3.8) is 0 Å². The number of hydrogen-bond donors (Lipinski definition) is 5. The van der Waals surface area contributed by atoms with Gasteiger partial charge in [0.15, 0.2) is 0 Å². The molecule has 4 atom stereocenters. The number of nitrogens with zero attached hydrogens (tertiary/aromatic N) is 1. The van der Waals surface area contributed by atoms with Crippen LogP contribution >= 0.6 is 0 Å². The normalized spacial score (nSPS) is 18.1. The number of nitrogens with one attached hydrogen (secondary N) is 2. The molecule has 4 unspecified atom stereocenters. The highest BCUT2D eigenvalue weighted by atomic mass is 16.4. The van der Waals surface area contributed by atoms with E-state index in [2.05, 4.69) is 10.6 Å². The van der Waals surface area contributed by atoms with Crippen LogP contribution in [0.15, 0.2) is 24.3 Å². The Kier molecular flexibility index (Phi) is 10.7. The first-order valence-electron chi connectivity index (χ1n) is 12.6. The van der Waals surface area contributed by atoms with Gasteiger partial charge in [0.2, 0.25) is 17.7 Å². The number of rotatable bonds is 12. The average Bonchev–Trinajstić information content (AvgIpc) is 3.28. The molecular formula is C26H40N4O6. The number of aromatic hydroxyl groups is 1. The zero-order valence-corrected chi connectivity index (χ0v) is 21.6. The van der Waals surface area contributed by atoms with Crippen molar-refractivity contribution in [3.05, 3.63) is 29.8 Å². The maximum absolute atomic E-state index is 13.3. The molecule has 6 N–H and O–H groups in total. The Hall–Kier alpha value is -3.14. The fourth-order valence-corrected chi connectivity index (χ4v) is 4.43. The van der Waals surface area contributed by atoms with Crippen molar-refractivity contribution in [2.45, 2.75) is 84.0 Å². The molecule has 1 aromatic rings. The van der Waals surface area contributed by atoms with E-state index < -0.39 is 42.0 Å². The summed E-state index contributed by atoms with van der Waals surface area (Å²) in [5.41, 5.74) is 6.75. The van der Waals surface area contributed by atoms with Crippen LogP contribution in [-0.2, 0) is 25.6 Å². The van der Waals surface area contributed by atoms with Crippen molar-refractivity contribution in [1.82, 2.24) is 15.5 Å². The number of phenolic OH excluding ortho intramolecular Hbond substituents is 1. The number of likely N-dealkylation sites (tertiary alicyclic amines) is 1. The molecule has 10 nitrogen and oxygen atoms in total. The van der Waals surface area contributed by atoms with Crippen LogP contribution in [0.5, 0.6) is 5.75 Å². The molecule has 1 aromatic carbocycles. The number of carbonyl (C=O) groups is 4. The average molecular weight is 505 g/mol. The molecule has 0 saturated carbocycles. The second-order valence-electron chi connectivity index (χ2n) is 10.4. The van der Waals surface area contributed by atoms with Crippen molar-refractivity contribution in [2.75, 3.05) is 6.54 Å². The van der Waals surface area contributed by atoms with Gasteiger partial charge in [-0.3, -0.25) is 14.4 Å². The standard InChI is InChI=1S/C26H40N4O6/c1-15(2)12-19(27)25(34)30-11-5-6-22(30)24(33)28-20(14-17-7-9-18(31)10-8-17)23(32)29-21(26(35)36)13-16(3)4/h7-10,15-16,19-22,31H,5-6,11-14,27H2,1-4H3,(H,28,33)(H,29,32)(H,35,36). The van der Waals surface area contributed by atoms with E-state index in [1.807, 2.05) is 27.7 Å². The summed E-state index contributed by atoms with van der Waals surface area (Å²) in [6.45, 7) is 8.06. The Bertz CT molecular complexity index is 918. The third-order valence-electron chi connectivity index (χ3n) is 6.21. The van der Waals surface area contributed by atoms with Gasteiger partial charge in [0, 0.05) is 13.0 Å². The second-order valence-corrected chi connectivity index (χ2v) is 10.4. The smallest absolute Gasteiger partial charge is 0.326 e. The number of benzene rings is 1. The Labute approximate surface area is 212 Å². The van der Waals surface area contributed by atoms with E-state index in [4.69, 9.17) is 5.73 Å². The van der Waals surface area contributed by atoms with Crippen LogP contribution in [0.25, 0.3) is 0 Å². The largest absolute Gasteiger partial charge is 0.508 e. The molecule has 0 aliphatic carbocycles. The van der Waals surface area contributed by atoms with Crippen molar-refractivity contribution >= 4 is 23.7 Å². The highest BCUT2D eigenvalue weighted by molar-refractivity contribution is 5.94. The van der Waals surface area contributed by atoms with Gasteiger partial charge in [-0.2, -0.15) is 0 Å². The monoisotopic (exact) mass is 504 g/mol.